The number of hydrogen-bond acceptors (Lipinski definition) is 4. The molecule has 0 spiro atoms. The molecule has 2 aromatic rings. The highest BCUT2D eigenvalue weighted by Gasteiger charge is 2.42. The zero-order valence-corrected chi connectivity index (χ0v) is 15.0. The third-order valence-electron chi connectivity index (χ3n) is 5.08. The van der Waals surface area contributed by atoms with E-state index in [1.54, 1.807) is 0 Å². The third-order valence-corrected chi connectivity index (χ3v) is 6.41. The lowest BCUT2D eigenvalue weighted by molar-refractivity contribution is -0.0388. The van der Waals surface area contributed by atoms with Crippen LogP contribution in [0.1, 0.15) is 15.9 Å². The number of piperidine rings is 1. The summed E-state index contributed by atoms with van der Waals surface area (Å²) in [6.45, 7) is 2.99. The zero-order chi connectivity index (χ0) is 17.1. The minimum absolute atomic E-state index is 0.0565. The van der Waals surface area contributed by atoms with Crippen LogP contribution < -0.4 is 0 Å². The van der Waals surface area contributed by atoms with Gasteiger partial charge in [0.2, 0.25) is 0 Å². The molecule has 2 aliphatic heterocycles. The fraction of sp³-hybridized carbons (Fsp3) is 0.381. The van der Waals surface area contributed by atoms with E-state index in [2.05, 4.69) is 35.2 Å². The summed E-state index contributed by atoms with van der Waals surface area (Å²) < 4.78 is 5.96. The Bertz CT molecular complexity index is 692. The van der Waals surface area contributed by atoms with E-state index in [1.165, 1.54) is 5.56 Å². The molecule has 2 atom stereocenters. The van der Waals surface area contributed by atoms with Crippen LogP contribution in [0.15, 0.2) is 60.7 Å². The molecule has 2 bridgehead atoms. The van der Waals surface area contributed by atoms with E-state index in [4.69, 9.17) is 4.74 Å². The van der Waals surface area contributed by atoms with Gasteiger partial charge in [0.05, 0.1) is 5.56 Å². The first kappa shape index (κ1) is 16.7. The van der Waals surface area contributed by atoms with E-state index in [9.17, 15) is 4.79 Å². The molecule has 0 radical (unpaired) electrons. The molecule has 2 unspecified atom stereocenters. The number of hydrogen-bond donors (Lipinski definition) is 0. The molecule has 0 saturated carbocycles. The van der Waals surface area contributed by atoms with Gasteiger partial charge < -0.3 is 4.74 Å². The molecule has 2 aromatic carbocycles. The van der Waals surface area contributed by atoms with Gasteiger partial charge in [-0.05, 0) is 17.7 Å². The molecule has 25 heavy (non-hydrogen) atoms. The average Bonchev–Trinajstić information content (AvgIpc) is 2.64. The van der Waals surface area contributed by atoms with Gasteiger partial charge in [0, 0.05) is 43.0 Å². The predicted octanol–water partition coefficient (Wildman–Crippen LogP) is 3.71. The first-order valence-electron chi connectivity index (χ1n) is 8.89. The van der Waals surface area contributed by atoms with Crippen molar-refractivity contribution in [2.75, 3.05) is 24.6 Å². The lowest BCUT2D eigenvalue weighted by Crippen LogP contribution is -2.54. The SMILES string of the molecule is O=C(OC1C2CSCC1CN(Cc1ccccc1)C2)c1ccccc1. The molecule has 2 saturated heterocycles. The molecule has 4 heteroatoms. The number of carbonyl (C=O) groups is 1. The van der Waals surface area contributed by atoms with Crippen molar-refractivity contribution in [3.05, 3.63) is 71.8 Å². The number of likely N-dealkylation sites (tertiary alicyclic amines) is 1. The van der Waals surface area contributed by atoms with Crippen molar-refractivity contribution in [3.8, 4) is 0 Å². The van der Waals surface area contributed by atoms with Crippen LogP contribution in [0.2, 0.25) is 0 Å². The lowest BCUT2D eigenvalue weighted by atomic mass is 9.87. The van der Waals surface area contributed by atoms with Crippen molar-refractivity contribution in [2.45, 2.75) is 12.6 Å². The number of fused-ring (bicyclic) bond motifs is 2. The number of esters is 1. The second-order valence-electron chi connectivity index (χ2n) is 6.97. The summed E-state index contributed by atoms with van der Waals surface area (Å²) >= 11 is 2.00. The molecule has 2 heterocycles. The van der Waals surface area contributed by atoms with Gasteiger partial charge in [0.25, 0.3) is 0 Å². The Labute approximate surface area is 153 Å². The van der Waals surface area contributed by atoms with Crippen LogP contribution in [0.5, 0.6) is 0 Å². The van der Waals surface area contributed by atoms with Crippen molar-refractivity contribution >= 4 is 17.7 Å². The Balaban J connectivity index is 1.42. The summed E-state index contributed by atoms with van der Waals surface area (Å²) in [4.78, 5) is 15.0. The van der Waals surface area contributed by atoms with E-state index in [0.717, 1.165) is 31.1 Å². The molecule has 2 aliphatic rings. The molecule has 3 nitrogen and oxygen atoms in total. The highest BCUT2D eigenvalue weighted by atomic mass is 32.2. The summed E-state index contributed by atoms with van der Waals surface area (Å²) in [6.07, 6.45) is 0.0565. The van der Waals surface area contributed by atoms with E-state index in [0.29, 0.717) is 17.4 Å². The Morgan fingerprint density at radius 1 is 0.960 bits per heavy atom. The van der Waals surface area contributed by atoms with E-state index in [-0.39, 0.29) is 12.1 Å². The van der Waals surface area contributed by atoms with Gasteiger partial charge in [-0.3, -0.25) is 4.90 Å². The first-order chi connectivity index (χ1) is 12.3. The largest absolute Gasteiger partial charge is 0.458 e. The fourth-order valence-electron chi connectivity index (χ4n) is 3.93. The normalized spacial score (nSPS) is 26.2. The first-order valence-corrected chi connectivity index (χ1v) is 10.0. The summed E-state index contributed by atoms with van der Waals surface area (Å²) in [6, 6.07) is 20.0. The van der Waals surface area contributed by atoms with Crippen molar-refractivity contribution in [3.63, 3.8) is 0 Å². The molecule has 130 valence electrons. The highest BCUT2D eigenvalue weighted by Crippen LogP contribution is 2.36. The summed E-state index contributed by atoms with van der Waals surface area (Å²) in [5.41, 5.74) is 2.01. The molecule has 0 aromatic heterocycles. The molecule has 0 N–H and O–H groups in total. The van der Waals surface area contributed by atoms with Gasteiger partial charge in [-0.2, -0.15) is 11.8 Å². The van der Waals surface area contributed by atoms with Gasteiger partial charge in [0.1, 0.15) is 6.10 Å². The van der Waals surface area contributed by atoms with Crippen LogP contribution in [0.25, 0.3) is 0 Å². The maximum Gasteiger partial charge on any atom is 0.338 e. The van der Waals surface area contributed by atoms with Gasteiger partial charge in [-0.25, -0.2) is 4.79 Å². The molecule has 0 amide bonds. The van der Waals surface area contributed by atoms with Crippen molar-refractivity contribution in [1.29, 1.82) is 0 Å². The maximum absolute atomic E-state index is 12.5. The van der Waals surface area contributed by atoms with Crippen molar-refractivity contribution in [1.82, 2.24) is 4.90 Å². The average molecular weight is 353 g/mol. The molecule has 0 aliphatic carbocycles. The van der Waals surface area contributed by atoms with Gasteiger partial charge in [-0.15, -0.1) is 0 Å². The number of thioether (sulfide) groups is 1. The summed E-state index contributed by atoms with van der Waals surface area (Å²) in [7, 11) is 0. The summed E-state index contributed by atoms with van der Waals surface area (Å²) in [5.74, 6) is 2.83. The molecular weight excluding hydrogens is 330 g/mol. The quantitative estimate of drug-likeness (QED) is 0.784. The predicted molar refractivity (Wildman–Crippen MR) is 102 cm³/mol. The number of nitrogens with zero attached hydrogens (tertiary/aromatic N) is 1. The Morgan fingerprint density at radius 2 is 1.56 bits per heavy atom. The number of carbonyl (C=O) groups excluding carboxylic acids is 1. The van der Waals surface area contributed by atoms with Crippen LogP contribution in [0.3, 0.4) is 0 Å². The van der Waals surface area contributed by atoms with Crippen molar-refractivity contribution in [2.24, 2.45) is 11.8 Å². The maximum atomic E-state index is 12.5. The number of benzene rings is 2. The van der Waals surface area contributed by atoms with Gasteiger partial charge in [-0.1, -0.05) is 48.5 Å². The fourth-order valence-corrected chi connectivity index (χ4v) is 5.26. The standard InChI is InChI=1S/C21H23NO2S/c23-21(17-9-5-2-6-10-17)24-20-18-12-22(13-19(20)15-25-14-18)11-16-7-3-1-4-8-16/h1-10,18-20H,11-15H2. The Kier molecular flexibility index (Phi) is 5.09. The third kappa shape index (κ3) is 3.91. The highest BCUT2D eigenvalue weighted by molar-refractivity contribution is 7.99. The smallest absolute Gasteiger partial charge is 0.338 e. The molecule has 4 rings (SSSR count). The van der Waals surface area contributed by atoms with Gasteiger partial charge in [0.15, 0.2) is 0 Å². The van der Waals surface area contributed by atoms with Crippen LogP contribution in [-0.2, 0) is 11.3 Å². The van der Waals surface area contributed by atoms with Crippen LogP contribution in [0, 0.1) is 11.8 Å². The minimum Gasteiger partial charge on any atom is -0.458 e. The zero-order valence-electron chi connectivity index (χ0n) is 14.2. The second-order valence-corrected chi connectivity index (χ2v) is 8.05. The molecular formula is C21H23NO2S. The summed E-state index contributed by atoms with van der Waals surface area (Å²) in [5, 5.41) is 0. The van der Waals surface area contributed by atoms with Crippen LogP contribution in [-0.4, -0.2) is 41.6 Å². The molecule has 2 fully saturated rings. The monoisotopic (exact) mass is 353 g/mol. The van der Waals surface area contributed by atoms with Crippen LogP contribution >= 0.6 is 11.8 Å². The van der Waals surface area contributed by atoms with E-state index >= 15 is 0 Å². The Hall–Kier alpha value is -1.78. The van der Waals surface area contributed by atoms with E-state index < -0.39 is 0 Å². The van der Waals surface area contributed by atoms with E-state index in [1.807, 2.05) is 42.1 Å². The number of rotatable bonds is 4. The van der Waals surface area contributed by atoms with Crippen molar-refractivity contribution < 1.29 is 9.53 Å². The second kappa shape index (κ2) is 7.63. The Morgan fingerprint density at radius 3 is 2.20 bits per heavy atom. The minimum atomic E-state index is -0.177. The van der Waals surface area contributed by atoms with Crippen LogP contribution in [0.4, 0.5) is 0 Å². The van der Waals surface area contributed by atoms with Gasteiger partial charge >= 0.3 is 5.97 Å². The number of ether oxygens (including phenoxy) is 1. The topological polar surface area (TPSA) is 29.5 Å². The lowest BCUT2D eigenvalue weighted by Gasteiger charge is -2.46.